The van der Waals surface area contributed by atoms with Gasteiger partial charge < -0.3 is 9.47 Å². The van der Waals surface area contributed by atoms with E-state index in [1.165, 1.54) is 69.8 Å². The summed E-state index contributed by atoms with van der Waals surface area (Å²) < 4.78 is 11.4. The summed E-state index contributed by atoms with van der Waals surface area (Å²) >= 11 is 0. The number of nitriles is 1. The van der Waals surface area contributed by atoms with Crippen LogP contribution in [0.1, 0.15) is 138 Å². The number of hydrogen-bond donors (Lipinski definition) is 0. The highest BCUT2D eigenvalue weighted by molar-refractivity contribution is 5.91. The molecular formula is C35H49NO3. The molecule has 0 N–H and O–H groups in total. The molecular weight excluding hydrogens is 482 g/mol. The van der Waals surface area contributed by atoms with Gasteiger partial charge in [-0.15, -0.1) is 0 Å². The zero-order valence-electron chi connectivity index (χ0n) is 24.4. The smallest absolute Gasteiger partial charge is 0.343 e. The maximum atomic E-state index is 12.7. The number of esters is 1. The lowest BCUT2D eigenvalue weighted by Crippen LogP contribution is -2.25. The number of benzene rings is 2. The molecule has 1 aliphatic rings. The average molecular weight is 532 g/mol. The van der Waals surface area contributed by atoms with Crippen LogP contribution < -0.4 is 9.47 Å². The first-order valence-corrected chi connectivity index (χ1v) is 15.6. The minimum atomic E-state index is -0.350. The lowest BCUT2D eigenvalue weighted by Gasteiger charge is -2.35. The Labute approximate surface area is 237 Å². The Kier molecular flexibility index (Phi) is 13.4. The highest BCUT2D eigenvalue weighted by Gasteiger charge is 2.35. The molecule has 4 heteroatoms. The summed E-state index contributed by atoms with van der Waals surface area (Å²) in [7, 11) is 0. The Morgan fingerprint density at radius 2 is 1.36 bits per heavy atom. The molecule has 4 nitrogen and oxygen atoms in total. The van der Waals surface area contributed by atoms with Crippen molar-refractivity contribution in [2.24, 2.45) is 5.41 Å². The SMILES string of the molecule is CCCCCCCCOc1ccc(OC(=O)c2ccc(C3CCC(C#N)(CCCCCCC)CC3)cc2)cc1. The van der Waals surface area contributed by atoms with Crippen molar-refractivity contribution in [1.82, 2.24) is 0 Å². The van der Waals surface area contributed by atoms with E-state index in [0.29, 0.717) is 17.2 Å². The standard InChI is InChI=1S/C35H49NO3/c1-3-5-7-9-11-13-27-38-32-18-20-33(21-19-32)39-34(37)31-16-14-29(15-17-31)30-22-25-35(28-36,26-23-30)24-12-10-8-6-4-2/h14-21,30H,3-13,22-27H2,1-2H3. The van der Waals surface area contributed by atoms with Gasteiger partial charge in [-0.05, 0) is 86.4 Å². The van der Waals surface area contributed by atoms with Crippen molar-refractivity contribution in [3.8, 4) is 17.6 Å². The third-order valence-corrected chi connectivity index (χ3v) is 8.36. The van der Waals surface area contributed by atoms with Crippen LogP contribution in [-0.2, 0) is 0 Å². The fourth-order valence-electron chi connectivity index (χ4n) is 5.72. The molecule has 0 aliphatic heterocycles. The van der Waals surface area contributed by atoms with Gasteiger partial charge >= 0.3 is 5.97 Å². The predicted molar refractivity (Wildman–Crippen MR) is 159 cm³/mol. The van der Waals surface area contributed by atoms with E-state index in [1.807, 2.05) is 24.3 Å². The summed E-state index contributed by atoms with van der Waals surface area (Å²) in [6, 6.07) is 17.8. The first-order chi connectivity index (χ1) is 19.1. The van der Waals surface area contributed by atoms with Gasteiger partial charge in [0.2, 0.25) is 0 Å². The second kappa shape index (κ2) is 17.0. The van der Waals surface area contributed by atoms with Gasteiger partial charge in [0, 0.05) is 0 Å². The van der Waals surface area contributed by atoms with E-state index in [0.717, 1.165) is 50.9 Å². The van der Waals surface area contributed by atoms with Crippen LogP contribution in [0.25, 0.3) is 0 Å². The third-order valence-electron chi connectivity index (χ3n) is 8.36. The van der Waals surface area contributed by atoms with Gasteiger partial charge in [-0.25, -0.2) is 4.79 Å². The zero-order chi connectivity index (χ0) is 27.8. The molecule has 2 aromatic carbocycles. The van der Waals surface area contributed by atoms with Crippen LogP contribution in [0.4, 0.5) is 0 Å². The largest absolute Gasteiger partial charge is 0.494 e. The monoisotopic (exact) mass is 531 g/mol. The van der Waals surface area contributed by atoms with Crippen molar-refractivity contribution in [2.45, 2.75) is 122 Å². The molecule has 1 saturated carbocycles. The van der Waals surface area contributed by atoms with Crippen molar-refractivity contribution in [3.63, 3.8) is 0 Å². The molecule has 2 aromatic rings. The Bertz CT molecular complexity index is 998. The van der Waals surface area contributed by atoms with E-state index in [1.54, 1.807) is 12.1 Å². The first-order valence-electron chi connectivity index (χ1n) is 15.6. The molecule has 39 heavy (non-hydrogen) atoms. The number of unbranched alkanes of at least 4 members (excludes halogenated alkanes) is 9. The van der Waals surface area contributed by atoms with Crippen molar-refractivity contribution < 1.29 is 14.3 Å². The molecule has 0 heterocycles. The molecule has 0 saturated heterocycles. The summed E-state index contributed by atoms with van der Waals surface area (Å²) in [5.74, 6) is 1.43. The Hall–Kier alpha value is -2.80. The lowest BCUT2D eigenvalue weighted by molar-refractivity contribution is 0.0734. The van der Waals surface area contributed by atoms with Crippen LogP contribution in [-0.4, -0.2) is 12.6 Å². The fourth-order valence-corrected chi connectivity index (χ4v) is 5.72. The molecule has 1 fully saturated rings. The highest BCUT2D eigenvalue weighted by Crippen LogP contribution is 2.45. The summed E-state index contributed by atoms with van der Waals surface area (Å²) in [5, 5.41) is 9.91. The number of carbonyl (C=O) groups is 1. The van der Waals surface area contributed by atoms with E-state index in [-0.39, 0.29) is 11.4 Å². The van der Waals surface area contributed by atoms with Gasteiger partial charge in [-0.1, -0.05) is 90.2 Å². The van der Waals surface area contributed by atoms with E-state index < -0.39 is 0 Å². The molecule has 0 bridgehead atoms. The van der Waals surface area contributed by atoms with Crippen LogP contribution >= 0.6 is 0 Å². The molecule has 0 aromatic heterocycles. The number of ether oxygens (including phenoxy) is 2. The van der Waals surface area contributed by atoms with Gasteiger partial charge in [-0.2, -0.15) is 5.26 Å². The zero-order valence-corrected chi connectivity index (χ0v) is 24.4. The fraction of sp³-hybridized carbons (Fsp3) is 0.600. The summed E-state index contributed by atoms with van der Waals surface area (Å²) in [6.07, 6.45) is 18.8. The topological polar surface area (TPSA) is 59.3 Å². The van der Waals surface area contributed by atoms with Crippen molar-refractivity contribution >= 4 is 5.97 Å². The van der Waals surface area contributed by atoms with Crippen LogP contribution in [0.5, 0.6) is 11.5 Å². The number of hydrogen-bond acceptors (Lipinski definition) is 4. The van der Waals surface area contributed by atoms with Crippen molar-refractivity contribution in [3.05, 3.63) is 59.7 Å². The summed E-state index contributed by atoms with van der Waals surface area (Å²) in [5.41, 5.74) is 1.67. The van der Waals surface area contributed by atoms with Gasteiger partial charge in [0.05, 0.1) is 23.7 Å². The number of rotatable bonds is 17. The number of carbonyl (C=O) groups excluding carboxylic acids is 1. The minimum absolute atomic E-state index is 0.138. The first kappa shape index (κ1) is 30.7. The molecule has 0 amide bonds. The molecule has 0 atom stereocenters. The molecule has 212 valence electrons. The van der Waals surface area contributed by atoms with Gasteiger partial charge in [-0.3, -0.25) is 0 Å². The average Bonchev–Trinajstić information content (AvgIpc) is 2.98. The van der Waals surface area contributed by atoms with Crippen LogP contribution in [0, 0.1) is 16.7 Å². The molecule has 0 unspecified atom stereocenters. The molecule has 0 radical (unpaired) electrons. The molecule has 1 aliphatic carbocycles. The molecule has 0 spiro atoms. The Balaban J connectivity index is 1.41. The minimum Gasteiger partial charge on any atom is -0.494 e. The van der Waals surface area contributed by atoms with Crippen LogP contribution in [0.2, 0.25) is 0 Å². The van der Waals surface area contributed by atoms with E-state index in [9.17, 15) is 10.1 Å². The third kappa shape index (κ3) is 10.4. The Morgan fingerprint density at radius 1 is 0.795 bits per heavy atom. The maximum Gasteiger partial charge on any atom is 0.343 e. The van der Waals surface area contributed by atoms with E-state index in [4.69, 9.17) is 9.47 Å². The summed E-state index contributed by atoms with van der Waals surface area (Å²) in [4.78, 5) is 12.7. The summed E-state index contributed by atoms with van der Waals surface area (Å²) in [6.45, 7) is 5.18. The van der Waals surface area contributed by atoms with Gasteiger partial charge in [0.25, 0.3) is 0 Å². The van der Waals surface area contributed by atoms with Crippen LogP contribution in [0.3, 0.4) is 0 Å². The second-order valence-electron chi connectivity index (χ2n) is 11.4. The maximum absolute atomic E-state index is 12.7. The number of nitrogens with zero attached hydrogens (tertiary/aromatic N) is 1. The second-order valence-corrected chi connectivity index (χ2v) is 11.4. The van der Waals surface area contributed by atoms with Gasteiger partial charge in [0.1, 0.15) is 11.5 Å². The normalized spacial score (nSPS) is 18.8. The lowest BCUT2D eigenvalue weighted by atomic mass is 9.67. The highest BCUT2D eigenvalue weighted by atomic mass is 16.5. The Morgan fingerprint density at radius 3 is 1.97 bits per heavy atom. The van der Waals surface area contributed by atoms with E-state index in [2.05, 4.69) is 32.0 Å². The predicted octanol–water partition coefficient (Wildman–Crippen LogP) is 10.2. The van der Waals surface area contributed by atoms with E-state index >= 15 is 0 Å². The molecule has 3 rings (SSSR count). The quantitative estimate of drug-likeness (QED) is 0.116. The van der Waals surface area contributed by atoms with Gasteiger partial charge in [0.15, 0.2) is 0 Å². The van der Waals surface area contributed by atoms with Crippen LogP contribution in [0.15, 0.2) is 48.5 Å². The van der Waals surface area contributed by atoms with Crippen molar-refractivity contribution in [2.75, 3.05) is 6.61 Å². The van der Waals surface area contributed by atoms with Crippen molar-refractivity contribution in [1.29, 1.82) is 5.26 Å².